The van der Waals surface area contributed by atoms with Gasteiger partial charge in [-0.3, -0.25) is 4.79 Å². The van der Waals surface area contributed by atoms with Crippen molar-refractivity contribution in [3.8, 4) is 0 Å². The summed E-state index contributed by atoms with van der Waals surface area (Å²) < 4.78 is 5.66. The lowest BCUT2D eigenvalue weighted by Gasteiger charge is -2.61. The van der Waals surface area contributed by atoms with Crippen LogP contribution in [-0.4, -0.2) is 51.4 Å². The van der Waals surface area contributed by atoms with E-state index in [-0.39, 0.29) is 17.9 Å². The van der Waals surface area contributed by atoms with Crippen molar-refractivity contribution in [2.45, 2.75) is 50.5 Å². The third kappa shape index (κ3) is 1.71. The molecular formula is C13H21NO3S. The number of hydrogen-bond acceptors (Lipinski definition) is 4. The molecule has 0 bridgehead atoms. The highest BCUT2D eigenvalue weighted by Gasteiger charge is 2.62. The maximum Gasteiger partial charge on any atom is 0.233 e. The molecule has 0 aromatic rings. The molecule has 3 rings (SSSR count). The maximum atomic E-state index is 12.4. The topological polar surface area (TPSA) is 49.8 Å². The predicted molar refractivity (Wildman–Crippen MR) is 70.3 cm³/mol. The molecule has 0 aromatic carbocycles. The van der Waals surface area contributed by atoms with Gasteiger partial charge in [0.25, 0.3) is 0 Å². The van der Waals surface area contributed by atoms with Gasteiger partial charge in [0.15, 0.2) is 0 Å². The molecule has 3 aliphatic rings. The number of β-lactam (4-membered cyclic amide) rings is 1. The number of thioether (sulfide) groups is 1. The summed E-state index contributed by atoms with van der Waals surface area (Å²) in [7, 11) is 0. The second-order valence-corrected chi connectivity index (χ2v) is 7.28. The standard InChI is InChI=1S/C13H21NO3S/c1-12(2)14-9(3-6-17-12)10(11(14)15)13(16)4-7-18-8-5-13/h9-10,16H,3-8H2,1-2H3/t9-,10+/m1/s1. The van der Waals surface area contributed by atoms with Gasteiger partial charge in [-0.2, -0.15) is 11.8 Å². The predicted octanol–water partition coefficient (Wildman–Crippen LogP) is 1.23. The molecule has 2 atom stereocenters. The van der Waals surface area contributed by atoms with Crippen LogP contribution in [-0.2, 0) is 9.53 Å². The summed E-state index contributed by atoms with van der Waals surface area (Å²) in [5, 5.41) is 10.8. The molecule has 0 spiro atoms. The lowest BCUT2D eigenvalue weighted by Crippen LogP contribution is -2.76. The highest BCUT2D eigenvalue weighted by molar-refractivity contribution is 7.99. The summed E-state index contributed by atoms with van der Waals surface area (Å²) in [6.07, 6.45) is 2.36. The van der Waals surface area contributed by atoms with Crippen LogP contribution in [0.1, 0.15) is 33.1 Å². The van der Waals surface area contributed by atoms with Crippen LogP contribution in [0.2, 0.25) is 0 Å². The summed E-state index contributed by atoms with van der Waals surface area (Å²) in [6.45, 7) is 4.56. The maximum absolute atomic E-state index is 12.4. The summed E-state index contributed by atoms with van der Waals surface area (Å²) in [5.41, 5.74) is -1.27. The minimum absolute atomic E-state index is 0.0825. The fourth-order valence-corrected chi connectivity index (χ4v) is 4.83. The largest absolute Gasteiger partial charge is 0.389 e. The van der Waals surface area contributed by atoms with Crippen LogP contribution in [0.3, 0.4) is 0 Å². The molecule has 1 N–H and O–H groups in total. The summed E-state index contributed by atoms with van der Waals surface area (Å²) in [6, 6.07) is 0.175. The molecule has 5 heteroatoms. The van der Waals surface area contributed by atoms with Crippen molar-refractivity contribution >= 4 is 17.7 Å². The first-order valence-corrected chi connectivity index (χ1v) is 7.88. The van der Waals surface area contributed by atoms with Crippen molar-refractivity contribution in [3.05, 3.63) is 0 Å². The monoisotopic (exact) mass is 271 g/mol. The Morgan fingerprint density at radius 3 is 2.72 bits per heavy atom. The fourth-order valence-electron chi connectivity index (χ4n) is 3.63. The molecular weight excluding hydrogens is 250 g/mol. The van der Waals surface area contributed by atoms with Crippen molar-refractivity contribution in [2.24, 2.45) is 5.92 Å². The first kappa shape index (κ1) is 12.8. The Bertz CT molecular complexity index is 365. The zero-order valence-electron chi connectivity index (χ0n) is 11.0. The SMILES string of the molecule is CC1(C)OCC[C@@H]2[C@H](C3(O)CCSCC3)C(=O)N21. The third-order valence-electron chi connectivity index (χ3n) is 4.61. The van der Waals surface area contributed by atoms with Gasteiger partial charge < -0.3 is 14.7 Å². The number of ether oxygens (including phenoxy) is 1. The van der Waals surface area contributed by atoms with Crippen LogP contribution in [0, 0.1) is 5.92 Å². The van der Waals surface area contributed by atoms with E-state index in [0.29, 0.717) is 6.61 Å². The van der Waals surface area contributed by atoms with E-state index in [2.05, 4.69) is 0 Å². The minimum atomic E-state index is -0.767. The van der Waals surface area contributed by atoms with Crippen molar-refractivity contribution < 1.29 is 14.6 Å². The number of carbonyl (C=O) groups excluding carboxylic acids is 1. The Labute approximate surface area is 112 Å². The Balaban J connectivity index is 1.81. The highest BCUT2D eigenvalue weighted by Crippen LogP contribution is 2.48. The van der Waals surface area contributed by atoms with Crippen molar-refractivity contribution in [3.63, 3.8) is 0 Å². The molecule has 1 amide bonds. The van der Waals surface area contributed by atoms with E-state index in [1.165, 1.54) is 0 Å². The van der Waals surface area contributed by atoms with E-state index in [1.807, 2.05) is 30.5 Å². The molecule has 3 fully saturated rings. The van der Waals surface area contributed by atoms with Gasteiger partial charge >= 0.3 is 0 Å². The van der Waals surface area contributed by atoms with E-state index >= 15 is 0 Å². The van der Waals surface area contributed by atoms with Gasteiger partial charge in [-0.15, -0.1) is 0 Å². The van der Waals surface area contributed by atoms with Crippen LogP contribution < -0.4 is 0 Å². The van der Waals surface area contributed by atoms with Gasteiger partial charge in [0.2, 0.25) is 5.91 Å². The smallest absolute Gasteiger partial charge is 0.233 e. The molecule has 0 aromatic heterocycles. The number of rotatable bonds is 1. The molecule has 102 valence electrons. The molecule has 4 nitrogen and oxygen atoms in total. The average molecular weight is 271 g/mol. The van der Waals surface area contributed by atoms with Gasteiger partial charge in [-0.25, -0.2) is 0 Å². The van der Waals surface area contributed by atoms with Crippen molar-refractivity contribution in [1.82, 2.24) is 4.90 Å². The molecule has 0 unspecified atom stereocenters. The summed E-state index contributed by atoms with van der Waals surface area (Å²) in [4.78, 5) is 14.2. The van der Waals surface area contributed by atoms with Gasteiger partial charge in [-0.1, -0.05) is 0 Å². The number of amides is 1. The van der Waals surface area contributed by atoms with Gasteiger partial charge in [0.05, 0.1) is 24.2 Å². The van der Waals surface area contributed by atoms with E-state index in [1.54, 1.807) is 0 Å². The average Bonchev–Trinajstić information content (AvgIpc) is 2.27. The zero-order valence-corrected chi connectivity index (χ0v) is 11.8. The molecule has 3 aliphatic heterocycles. The normalized spacial score (nSPS) is 37.9. The molecule has 0 saturated carbocycles. The molecule has 3 saturated heterocycles. The van der Waals surface area contributed by atoms with E-state index in [9.17, 15) is 9.90 Å². The van der Waals surface area contributed by atoms with Crippen LogP contribution in [0.15, 0.2) is 0 Å². The second-order valence-electron chi connectivity index (χ2n) is 6.05. The number of carbonyl (C=O) groups is 1. The first-order valence-electron chi connectivity index (χ1n) is 6.73. The Kier molecular flexibility index (Phi) is 2.92. The van der Waals surface area contributed by atoms with Gasteiger partial charge in [-0.05, 0) is 44.6 Å². The summed E-state index contributed by atoms with van der Waals surface area (Å²) in [5.74, 6) is 1.82. The van der Waals surface area contributed by atoms with Crippen LogP contribution in [0.25, 0.3) is 0 Å². The molecule has 0 aliphatic carbocycles. The van der Waals surface area contributed by atoms with E-state index in [0.717, 1.165) is 30.8 Å². The van der Waals surface area contributed by atoms with Gasteiger partial charge in [0.1, 0.15) is 5.72 Å². The van der Waals surface area contributed by atoms with Gasteiger partial charge in [0, 0.05) is 0 Å². The number of nitrogens with zero attached hydrogens (tertiary/aromatic N) is 1. The zero-order chi connectivity index (χ0) is 13.0. The Morgan fingerprint density at radius 1 is 1.39 bits per heavy atom. The van der Waals surface area contributed by atoms with E-state index in [4.69, 9.17) is 4.74 Å². The van der Waals surface area contributed by atoms with Crippen LogP contribution in [0.4, 0.5) is 0 Å². The van der Waals surface area contributed by atoms with Crippen LogP contribution in [0.5, 0.6) is 0 Å². The molecule has 0 radical (unpaired) electrons. The molecule has 18 heavy (non-hydrogen) atoms. The molecule has 3 heterocycles. The highest BCUT2D eigenvalue weighted by atomic mass is 32.2. The summed E-state index contributed by atoms with van der Waals surface area (Å²) >= 11 is 1.87. The number of aliphatic hydroxyl groups is 1. The fraction of sp³-hybridized carbons (Fsp3) is 0.923. The number of hydrogen-bond donors (Lipinski definition) is 1. The Morgan fingerprint density at radius 2 is 2.06 bits per heavy atom. The van der Waals surface area contributed by atoms with Crippen molar-refractivity contribution in [2.75, 3.05) is 18.1 Å². The second kappa shape index (κ2) is 4.12. The van der Waals surface area contributed by atoms with E-state index < -0.39 is 11.3 Å². The number of fused-ring (bicyclic) bond motifs is 1. The van der Waals surface area contributed by atoms with Crippen molar-refractivity contribution in [1.29, 1.82) is 0 Å². The lowest BCUT2D eigenvalue weighted by molar-refractivity contribution is -0.251. The Hall–Kier alpha value is -0.260. The lowest BCUT2D eigenvalue weighted by atomic mass is 9.69. The minimum Gasteiger partial charge on any atom is -0.389 e. The third-order valence-corrected chi connectivity index (χ3v) is 5.59. The van der Waals surface area contributed by atoms with Crippen LogP contribution >= 0.6 is 11.8 Å². The first-order chi connectivity index (χ1) is 8.46. The quantitative estimate of drug-likeness (QED) is 0.729.